The molecule has 12 heavy (non-hydrogen) atoms. The molecule has 0 amide bonds. The summed E-state index contributed by atoms with van der Waals surface area (Å²) in [5.74, 6) is 3.23. The first kappa shape index (κ1) is 10.4. The van der Waals surface area contributed by atoms with E-state index in [9.17, 15) is 0 Å². The fourth-order valence-corrected chi connectivity index (χ4v) is 2.34. The summed E-state index contributed by atoms with van der Waals surface area (Å²) >= 11 is 2.06. The molecule has 1 aliphatic heterocycles. The van der Waals surface area contributed by atoms with Crippen LogP contribution in [0, 0.1) is 5.92 Å². The van der Waals surface area contributed by atoms with Gasteiger partial charge in [-0.25, -0.2) is 0 Å². The number of thioether (sulfide) groups is 1. The van der Waals surface area contributed by atoms with E-state index in [1.807, 2.05) is 0 Å². The number of rotatable bonds is 3. The fraction of sp³-hybridized carbons (Fsp3) is 1.00. The zero-order chi connectivity index (χ0) is 8.97. The zero-order valence-corrected chi connectivity index (χ0v) is 8.94. The molecule has 1 fully saturated rings. The first-order chi connectivity index (χ1) is 5.70. The van der Waals surface area contributed by atoms with Crippen molar-refractivity contribution in [2.75, 3.05) is 31.1 Å². The maximum atomic E-state index is 5.82. The first-order valence-electron chi connectivity index (χ1n) is 4.76. The van der Waals surface area contributed by atoms with E-state index < -0.39 is 0 Å². The minimum Gasteiger partial charge on any atom is -0.328 e. The predicted molar refractivity (Wildman–Crippen MR) is 56.6 cm³/mol. The summed E-state index contributed by atoms with van der Waals surface area (Å²) in [5, 5.41) is 0. The van der Waals surface area contributed by atoms with Gasteiger partial charge in [-0.15, -0.1) is 0 Å². The first-order valence-corrected chi connectivity index (χ1v) is 5.91. The standard InChI is InChI=1S/C9H20N2S/c1-8(9(2)10)7-11-3-5-12-6-4-11/h8-9H,3-7,10H2,1-2H3. The Kier molecular flexibility index (Phi) is 4.40. The highest BCUT2D eigenvalue weighted by atomic mass is 32.2. The Hall–Kier alpha value is 0.270. The number of nitrogens with two attached hydrogens (primary N) is 1. The zero-order valence-electron chi connectivity index (χ0n) is 8.12. The van der Waals surface area contributed by atoms with E-state index in [1.54, 1.807) is 0 Å². The normalized spacial score (nSPS) is 25.2. The Labute approximate surface area is 79.9 Å². The van der Waals surface area contributed by atoms with E-state index in [0.29, 0.717) is 12.0 Å². The Morgan fingerprint density at radius 2 is 1.92 bits per heavy atom. The molecule has 3 heteroatoms. The van der Waals surface area contributed by atoms with E-state index >= 15 is 0 Å². The van der Waals surface area contributed by atoms with Crippen molar-refractivity contribution in [3.63, 3.8) is 0 Å². The molecular weight excluding hydrogens is 168 g/mol. The Balaban J connectivity index is 2.20. The average Bonchev–Trinajstić information content (AvgIpc) is 2.06. The molecule has 2 nitrogen and oxygen atoms in total. The van der Waals surface area contributed by atoms with Gasteiger partial charge in [-0.1, -0.05) is 6.92 Å². The molecule has 1 rings (SSSR count). The third-order valence-corrected chi connectivity index (χ3v) is 3.49. The van der Waals surface area contributed by atoms with Gasteiger partial charge in [0.2, 0.25) is 0 Å². The van der Waals surface area contributed by atoms with Gasteiger partial charge in [0.25, 0.3) is 0 Å². The van der Waals surface area contributed by atoms with Crippen molar-refractivity contribution in [1.29, 1.82) is 0 Å². The van der Waals surface area contributed by atoms with Gasteiger partial charge < -0.3 is 10.6 Å². The average molecular weight is 188 g/mol. The van der Waals surface area contributed by atoms with E-state index in [2.05, 4.69) is 30.5 Å². The topological polar surface area (TPSA) is 29.3 Å². The van der Waals surface area contributed by atoms with Crippen LogP contribution in [-0.4, -0.2) is 42.1 Å². The predicted octanol–water partition coefficient (Wildman–Crippen LogP) is 1.02. The van der Waals surface area contributed by atoms with Gasteiger partial charge in [-0.3, -0.25) is 0 Å². The summed E-state index contributed by atoms with van der Waals surface area (Å²) in [6, 6.07) is 0.333. The summed E-state index contributed by atoms with van der Waals surface area (Å²) in [6.45, 7) is 8.03. The lowest BCUT2D eigenvalue weighted by atomic mass is 10.0. The van der Waals surface area contributed by atoms with Crippen molar-refractivity contribution in [2.24, 2.45) is 11.7 Å². The van der Waals surface area contributed by atoms with Crippen molar-refractivity contribution < 1.29 is 0 Å². The van der Waals surface area contributed by atoms with Crippen molar-refractivity contribution in [2.45, 2.75) is 19.9 Å². The third-order valence-electron chi connectivity index (χ3n) is 2.55. The van der Waals surface area contributed by atoms with Gasteiger partial charge in [0.1, 0.15) is 0 Å². The van der Waals surface area contributed by atoms with Crippen LogP contribution in [0.1, 0.15) is 13.8 Å². The van der Waals surface area contributed by atoms with E-state index in [1.165, 1.54) is 31.1 Å². The molecule has 0 aromatic carbocycles. The molecule has 0 saturated carbocycles. The quantitative estimate of drug-likeness (QED) is 0.717. The molecule has 0 aromatic rings. The third kappa shape index (κ3) is 3.33. The molecule has 0 aromatic heterocycles. The van der Waals surface area contributed by atoms with Crippen LogP contribution in [-0.2, 0) is 0 Å². The molecule has 0 aliphatic carbocycles. The van der Waals surface area contributed by atoms with Gasteiger partial charge in [-0.05, 0) is 12.8 Å². The summed E-state index contributed by atoms with van der Waals surface area (Å²) < 4.78 is 0. The highest BCUT2D eigenvalue weighted by Crippen LogP contribution is 2.11. The molecule has 0 bridgehead atoms. The lowest BCUT2D eigenvalue weighted by Crippen LogP contribution is -2.40. The molecule has 2 N–H and O–H groups in total. The van der Waals surface area contributed by atoms with Crippen LogP contribution in [0.4, 0.5) is 0 Å². The lowest BCUT2D eigenvalue weighted by molar-refractivity contribution is 0.245. The Morgan fingerprint density at radius 3 is 2.42 bits per heavy atom. The van der Waals surface area contributed by atoms with Gasteiger partial charge in [0.15, 0.2) is 0 Å². The van der Waals surface area contributed by atoms with Crippen molar-refractivity contribution in [3.8, 4) is 0 Å². The number of hydrogen-bond acceptors (Lipinski definition) is 3. The fourth-order valence-electron chi connectivity index (χ4n) is 1.36. The van der Waals surface area contributed by atoms with Gasteiger partial charge in [0.05, 0.1) is 0 Å². The molecular formula is C9H20N2S. The van der Waals surface area contributed by atoms with Crippen LogP contribution in [0.25, 0.3) is 0 Å². The molecule has 0 spiro atoms. The summed E-state index contributed by atoms with van der Waals surface area (Å²) in [4.78, 5) is 2.53. The van der Waals surface area contributed by atoms with Gasteiger partial charge >= 0.3 is 0 Å². The van der Waals surface area contributed by atoms with Crippen LogP contribution in [0.5, 0.6) is 0 Å². The summed E-state index contributed by atoms with van der Waals surface area (Å²) in [7, 11) is 0. The largest absolute Gasteiger partial charge is 0.328 e. The van der Waals surface area contributed by atoms with Crippen LogP contribution >= 0.6 is 11.8 Å². The van der Waals surface area contributed by atoms with Crippen molar-refractivity contribution in [1.82, 2.24) is 4.90 Å². The van der Waals surface area contributed by atoms with Crippen LogP contribution in [0.2, 0.25) is 0 Å². The van der Waals surface area contributed by atoms with Gasteiger partial charge in [0, 0.05) is 37.2 Å². The van der Waals surface area contributed by atoms with Gasteiger partial charge in [-0.2, -0.15) is 11.8 Å². The minimum absolute atomic E-state index is 0.333. The molecule has 1 heterocycles. The second-order valence-corrected chi connectivity index (χ2v) is 4.97. The van der Waals surface area contributed by atoms with Crippen LogP contribution < -0.4 is 5.73 Å². The molecule has 2 unspecified atom stereocenters. The van der Waals surface area contributed by atoms with Crippen molar-refractivity contribution >= 4 is 11.8 Å². The maximum absolute atomic E-state index is 5.82. The van der Waals surface area contributed by atoms with E-state index in [-0.39, 0.29) is 0 Å². The lowest BCUT2D eigenvalue weighted by Gasteiger charge is -2.30. The molecule has 1 aliphatic rings. The van der Waals surface area contributed by atoms with Crippen LogP contribution in [0.15, 0.2) is 0 Å². The SMILES string of the molecule is CC(N)C(C)CN1CCSCC1. The Morgan fingerprint density at radius 1 is 1.33 bits per heavy atom. The highest BCUT2D eigenvalue weighted by Gasteiger charge is 2.15. The molecule has 1 saturated heterocycles. The monoisotopic (exact) mass is 188 g/mol. The summed E-state index contributed by atoms with van der Waals surface area (Å²) in [6.07, 6.45) is 0. The summed E-state index contributed by atoms with van der Waals surface area (Å²) in [5.41, 5.74) is 5.82. The highest BCUT2D eigenvalue weighted by molar-refractivity contribution is 7.99. The second kappa shape index (κ2) is 5.10. The van der Waals surface area contributed by atoms with Crippen LogP contribution in [0.3, 0.4) is 0 Å². The van der Waals surface area contributed by atoms with Crippen molar-refractivity contribution in [3.05, 3.63) is 0 Å². The molecule has 72 valence electrons. The number of hydrogen-bond donors (Lipinski definition) is 1. The molecule has 2 atom stereocenters. The maximum Gasteiger partial charge on any atom is 0.00728 e. The Bertz CT molecular complexity index is 122. The van der Waals surface area contributed by atoms with E-state index in [0.717, 1.165) is 0 Å². The number of nitrogens with zero attached hydrogens (tertiary/aromatic N) is 1. The molecule has 0 radical (unpaired) electrons. The second-order valence-electron chi connectivity index (χ2n) is 3.75. The minimum atomic E-state index is 0.333. The van der Waals surface area contributed by atoms with E-state index in [4.69, 9.17) is 5.73 Å². The smallest absolute Gasteiger partial charge is 0.00728 e.